The first-order chi connectivity index (χ1) is 6.99. The van der Waals surface area contributed by atoms with Crippen molar-refractivity contribution in [3.8, 4) is 0 Å². The molecule has 0 saturated heterocycles. The van der Waals surface area contributed by atoms with E-state index in [4.69, 9.17) is 0 Å². The van der Waals surface area contributed by atoms with Crippen LogP contribution in [0.3, 0.4) is 0 Å². The van der Waals surface area contributed by atoms with Gasteiger partial charge in [-0.1, -0.05) is 48.5 Å². The second kappa shape index (κ2) is 5.20. The number of carbonyl (C=O) groups is 1. The van der Waals surface area contributed by atoms with Crippen LogP contribution >= 0.6 is 0 Å². The molecule has 0 rings (SSSR count). The van der Waals surface area contributed by atoms with Gasteiger partial charge in [0.25, 0.3) is 0 Å². The lowest BCUT2D eigenvalue weighted by atomic mass is 9.76. The average Bonchev–Trinajstić information content (AvgIpc) is 2.08. The Morgan fingerprint density at radius 3 is 1.81 bits per heavy atom. The molecular weight excluding hydrogens is 198 g/mol. The summed E-state index contributed by atoms with van der Waals surface area (Å²) in [5.74, 6) is 0.240. The Balaban J connectivity index is 4.89. The summed E-state index contributed by atoms with van der Waals surface area (Å²) in [6.07, 6.45) is 1.63. The van der Waals surface area contributed by atoms with Gasteiger partial charge in [-0.05, 0) is 17.3 Å². The lowest BCUT2D eigenvalue weighted by Gasteiger charge is -2.41. The minimum Gasteiger partial charge on any atom is -0.342 e. The van der Waals surface area contributed by atoms with Gasteiger partial charge in [-0.2, -0.15) is 0 Å². The summed E-state index contributed by atoms with van der Waals surface area (Å²) in [5.41, 5.74) is 0.382. The minimum atomic E-state index is 0.132. The molecule has 0 aliphatic carbocycles. The van der Waals surface area contributed by atoms with Gasteiger partial charge in [0.1, 0.15) is 0 Å². The van der Waals surface area contributed by atoms with Crippen LogP contribution in [0.25, 0.3) is 0 Å². The van der Waals surface area contributed by atoms with E-state index in [9.17, 15) is 4.79 Å². The van der Waals surface area contributed by atoms with Crippen LogP contribution in [-0.4, -0.2) is 23.9 Å². The van der Waals surface area contributed by atoms with Crippen molar-refractivity contribution in [2.75, 3.05) is 7.05 Å². The molecule has 0 bridgehead atoms. The molecule has 0 aromatic heterocycles. The number of carbonyl (C=O) groups excluding carboxylic acids is 1. The Kier molecular flexibility index (Phi) is 5.03. The van der Waals surface area contributed by atoms with Crippen LogP contribution < -0.4 is 0 Å². The largest absolute Gasteiger partial charge is 0.342 e. The Morgan fingerprint density at radius 2 is 1.56 bits per heavy atom. The molecule has 0 aromatic rings. The van der Waals surface area contributed by atoms with Gasteiger partial charge in [0.2, 0.25) is 5.91 Å². The van der Waals surface area contributed by atoms with Gasteiger partial charge in [-0.25, -0.2) is 0 Å². The first-order valence-electron chi connectivity index (χ1n) is 6.24. The van der Waals surface area contributed by atoms with E-state index in [-0.39, 0.29) is 16.7 Å². The lowest BCUT2D eigenvalue weighted by Crippen LogP contribution is -2.46. The average molecular weight is 227 g/mol. The van der Waals surface area contributed by atoms with Gasteiger partial charge in [0.15, 0.2) is 0 Å². The molecule has 0 aliphatic heterocycles. The van der Waals surface area contributed by atoms with E-state index in [0.29, 0.717) is 12.5 Å². The van der Waals surface area contributed by atoms with Gasteiger partial charge in [-0.15, -0.1) is 0 Å². The maximum Gasteiger partial charge on any atom is 0.222 e. The third kappa shape index (κ3) is 5.00. The molecule has 2 nitrogen and oxygen atoms in total. The Morgan fingerprint density at radius 1 is 1.12 bits per heavy atom. The van der Waals surface area contributed by atoms with Gasteiger partial charge in [-0.3, -0.25) is 4.79 Å². The highest BCUT2D eigenvalue weighted by atomic mass is 16.2. The number of amides is 1. The van der Waals surface area contributed by atoms with Crippen molar-refractivity contribution in [2.45, 2.75) is 67.3 Å². The maximum atomic E-state index is 11.8. The highest BCUT2D eigenvalue weighted by molar-refractivity contribution is 5.75. The smallest absolute Gasteiger partial charge is 0.222 e. The zero-order chi connectivity index (χ0) is 13.1. The van der Waals surface area contributed by atoms with Crippen molar-refractivity contribution in [1.29, 1.82) is 0 Å². The summed E-state index contributed by atoms with van der Waals surface area (Å²) in [6, 6.07) is 0.306. The van der Waals surface area contributed by atoms with Crippen molar-refractivity contribution < 1.29 is 4.79 Å². The van der Waals surface area contributed by atoms with Crippen molar-refractivity contribution >= 4 is 5.91 Å². The fourth-order valence-electron chi connectivity index (χ4n) is 2.03. The number of rotatable bonds is 3. The predicted molar refractivity (Wildman–Crippen MR) is 70.4 cm³/mol. The summed E-state index contributed by atoms with van der Waals surface area (Å²) in [7, 11) is 1.94. The van der Waals surface area contributed by atoms with Crippen LogP contribution in [0.4, 0.5) is 0 Å². The minimum absolute atomic E-state index is 0.132. The fourth-order valence-corrected chi connectivity index (χ4v) is 2.03. The van der Waals surface area contributed by atoms with Gasteiger partial charge in [0.05, 0.1) is 0 Å². The summed E-state index contributed by atoms with van der Waals surface area (Å²) in [5, 5.41) is 0. The van der Waals surface area contributed by atoms with E-state index in [1.54, 1.807) is 0 Å². The number of hydrogen-bond acceptors (Lipinski definition) is 1. The molecule has 0 N–H and O–H groups in total. The van der Waals surface area contributed by atoms with E-state index >= 15 is 0 Å². The van der Waals surface area contributed by atoms with Crippen molar-refractivity contribution in [2.24, 2.45) is 10.8 Å². The Labute approximate surface area is 101 Å². The van der Waals surface area contributed by atoms with Crippen LogP contribution in [0.5, 0.6) is 0 Å². The zero-order valence-electron chi connectivity index (χ0n) is 12.3. The lowest BCUT2D eigenvalue weighted by molar-refractivity contribution is -0.134. The van der Waals surface area contributed by atoms with E-state index in [1.165, 1.54) is 0 Å². The Bertz CT molecular complexity index is 232. The quantitative estimate of drug-likeness (QED) is 0.720. The topological polar surface area (TPSA) is 20.3 Å². The van der Waals surface area contributed by atoms with Crippen molar-refractivity contribution in [3.05, 3.63) is 0 Å². The molecule has 0 aliphatic rings. The van der Waals surface area contributed by atoms with Crippen LogP contribution in [0, 0.1) is 10.8 Å². The molecule has 0 aromatic carbocycles. The third-order valence-corrected chi connectivity index (χ3v) is 2.97. The fraction of sp³-hybridized carbons (Fsp3) is 0.929. The van der Waals surface area contributed by atoms with Gasteiger partial charge < -0.3 is 4.90 Å². The normalized spacial score (nSPS) is 14.8. The molecule has 1 amide bonds. The van der Waals surface area contributed by atoms with Gasteiger partial charge in [0, 0.05) is 19.5 Å². The van der Waals surface area contributed by atoms with Crippen LogP contribution in [0.15, 0.2) is 0 Å². The zero-order valence-corrected chi connectivity index (χ0v) is 12.3. The van der Waals surface area contributed by atoms with Crippen LogP contribution in [0.2, 0.25) is 0 Å². The molecule has 0 heterocycles. The summed E-state index contributed by atoms with van der Waals surface area (Å²) < 4.78 is 0. The number of nitrogens with zero attached hydrogens (tertiary/aromatic N) is 1. The first kappa shape index (κ1) is 15.5. The van der Waals surface area contributed by atoms with Crippen LogP contribution in [0.1, 0.15) is 61.3 Å². The second-order valence-corrected chi connectivity index (χ2v) is 7.00. The SMILES string of the molecule is CCC(=O)N(C)C(CC(C)(C)C)C(C)(C)C. The van der Waals surface area contributed by atoms with E-state index < -0.39 is 0 Å². The molecule has 0 radical (unpaired) electrons. The maximum absolute atomic E-state index is 11.8. The summed E-state index contributed by atoms with van der Waals surface area (Å²) >= 11 is 0. The highest BCUT2D eigenvalue weighted by Crippen LogP contribution is 2.33. The van der Waals surface area contributed by atoms with Gasteiger partial charge >= 0.3 is 0 Å². The second-order valence-electron chi connectivity index (χ2n) is 7.00. The van der Waals surface area contributed by atoms with E-state index in [2.05, 4.69) is 41.5 Å². The number of hydrogen-bond donors (Lipinski definition) is 0. The summed E-state index contributed by atoms with van der Waals surface area (Å²) in [4.78, 5) is 13.7. The molecule has 0 spiro atoms. The highest BCUT2D eigenvalue weighted by Gasteiger charge is 2.33. The molecular formula is C14H29NO. The molecule has 16 heavy (non-hydrogen) atoms. The van der Waals surface area contributed by atoms with Crippen molar-refractivity contribution in [1.82, 2.24) is 4.90 Å². The monoisotopic (exact) mass is 227 g/mol. The molecule has 1 atom stereocenters. The molecule has 1 unspecified atom stereocenters. The summed E-state index contributed by atoms with van der Waals surface area (Å²) in [6.45, 7) is 15.3. The van der Waals surface area contributed by atoms with E-state index in [0.717, 1.165) is 6.42 Å². The van der Waals surface area contributed by atoms with Crippen molar-refractivity contribution in [3.63, 3.8) is 0 Å². The third-order valence-electron chi connectivity index (χ3n) is 2.97. The molecule has 0 saturated carbocycles. The Hall–Kier alpha value is -0.530. The predicted octanol–water partition coefficient (Wildman–Crippen LogP) is 3.71. The molecule has 0 fully saturated rings. The van der Waals surface area contributed by atoms with Crippen LogP contribution in [-0.2, 0) is 4.79 Å². The first-order valence-corrected chi connectivity index (χ1v) is 6.24. The molecule has 2 heteroatoms. The van der Waals surface area contributed by atoms with E-state index in [1.807, 2.05) is 18.9 Å². The molecule has 96 valence electrons. The standard InChI is InChI=1S/C14H29NO/c1-9-12(16)15(8)11(14(5,6)7)10-13(2,3)4/h11H,9-10H2,1-8H3.